The van der Waals surface area contributed by atoms with E-state index in [9.17, 15) is 13.2 Å². The van der Waals surface area contributed by atoms with E-state index in [0.29, 0.717) is 0 Å². The molecule has 0 aromatic heterocycles. The molecule has 1 unspecified atom stereocenters. The summed E-state index contributed by atoms with van der Waals surface area (Å²) in [5.41, 5.74) is 3.83. The zero-order chi connectivity index (χ0) is 24.3. The minimum absolute atomic E-state index is 0.0570. The second-order valence-electron chi connectivity index (χ2n) is 8.42. The average molecular weight is 517 g/mol. The highest BCUT2D eigenvalue weighted by Gasteiger charge is 2.29. The number of sulfonamides is 1. The summed E-state index contributed by atoms with van der Waals surface area (Å²) in [6, 6.07) is 18.7. The highest BCUT2D eigenvalue weighted by Crippen LogP contribution is 2.35. The van der Waals surface area contributed by atoms with Crippen LogP contribution in [0.5, 0.6) is 0 Å². The van der Waals surface area contributed by atoms with E-state index in [2.05, 4.69) is 17.4 Å². The van der Waals surface area contributed by atoms with E-state index in [1.165, 1.54) is 42.2 Å². The summed E-state index contributed by atoms with van der Waals surface area (Å²) in [7, 11) is -4.07. The zero-order valence-electron chi connectivity index (χ0n) is 18.8. The smallest absolute Gasteiger partial charge is 0.264 e. The van der Waals surface area contributed by atoms with Crippen LogP contribution in [0.2, 0.25) is 10.0 Å². The molecule has 0 aliphatic heterocycles. The van der Waals surface area contributed by atoms with Crippen LogP contribution in [0.3, 0.4) is 0 Å². The van der Waals surface area contributed by atoms with E-state index < -0.39 is 22.5 Å². The SMILES string of the molecule is CC(NC(=O)CN(c1cccc(Cl)c1Cl)S(=O)(=O)c1ccccc1)c1ccc2c(c1)CCCC2. The molecule has 0 fully saturated rings. The predicted octanol–water partition coefficient (Wildman–Crippen LogP) is 5.94. The lowest BCUT2D eigenvalue weighted by Crippen LogP contribution is -2.41. The number of hydrogen-bond donors (Lipinski definition) is 1. The molecule has 3 aromatic carbocycles. The van der Waals surface area contributed by atoms with Crippen LogP contribution in [-0.2, 0) is 27.7 Å². The monoisotopic (exact) mass is 516 g/mol. The average Bonchev–Trinajstić information content (AvgIpc) is 2.84. The van der Waals surface area contributed by atoms with Crippen molar-refractivity contribution in [3.05, 3.63) is 93.5 Å². The van der Waals surface area contributed by atoms with Gasteiger partial charge in [-0.1, -0.05) is 65.7 Å². The zero-order valence-corrected chi connectivity index (χ0v) is 21.1. The second kappa shape index (κ2) is 10.4. The van der Waals surface area contributed by atoms with Gasteiger partial charge < -0.3 is 5.32 Å². The number of carbonyl (C=O) groups is 1. The number of benzene rings is 3. The van der Waals surface area contributed by atoms with E-state index in [4.69, 9.17) is 23.2 Å². The van der Waals surface area contributed by atoms with Crippen LogP contribution in [0, 0.1) is 0 Å². The maximum atomic E-state index is 13.5. The molecule has 0 heterocycles. The van der Waals surface area contributed by atoms with Gasteiger partial charge in [0, 0.05) is 0 Å². The van der Waals surface area contributed by atoms with Gasteiger partial charge in [-0.05, 0) is 73.6 Å². The van der Waals surface area contributed by atoms with Crippen LogP contribution < -0.4 is 9.62 Å². The molecular formula is C26H26Cl2N2O3S. The first-order valence-corrected chi connectivity index (χ1v) is 13.4. The number of anilines is 1. The van der Waals surface area contributed by atoms with Gasteiger partial charge >= 0.3 is 0 Å². The quantitative estimate of drug-likeness (QED) is 0.422. The molecule has 8 heteroatoms. The summed E-state index contributed by atoms with van der Waals surface area (Å²) in [6.07, 6.45) is 4.50. The Morgan fingerprint density at radius 2 is 1.68 bits per heavy atom. The molecule has 3 aromatic rings. The van der Waals surface area contributed by atoms with E-state index in [1.807, 2.05) is 13.0 Å². The first kappa shape index (κ1) is 24.6. The topological polar surface area (TPSA) is 66.5 Å². The normalized spacial score (nSPS) is 14.2. The summed E-state index contributed by atoms with van der Waals surface area (Å²) < 4.78 is 28.0. The van der Waals surface area contributed by atoms with Crippen LogP contribution in [-0.4, -0.2) is 20.9 Å². The van der Waals surface area contributed by atoms with Crippen LogP contribution in [0.15, 0.2) is 71.6 Å². The lowest BCUT2D eigenvalue weighted by molar-refractivity contribution is -0.120. The van der Waals surface area contributed by atoms with E-state index >= 15 is 0 Å². The van der Waals surface area contributed by atoms with Gasteiger partial charge in [0.25, 0.3) is 10.0 Å². The molecule has 0 bridgehead atoms. The fourth-order valence-corrected chi connectivity index (χ4v) is 6.13. The van der Waals surface area contributed by atoms with Crippen molar-refractivity contribution in [2.24, 2.45) is 0 Å². The van der Waals surface area contributed by atoms with Gasteiger partial charge in [-0.15, -0.1) is 0 Å². The van der Waals surface area contributed by atoms with Gasteiger partial charge in [-0.2, -0.15) is 0 Å². The summed E-state index contributed by atoms with van der Waals surface area (Å²) >= 11 is 12.5. The van der Waals surface area contributed by atoms with Gasteiger partial charge in [0.15, 0.2) is 0 Å². The van der Waals surface area contributed by atoms with Gasteiger partial charge in [-0.25, -0.2) is 8.42 Å². The molecule has 178 valence electrons. The van der Waals surface area contributed by atoms with Gasteiger partial charge in [0.2, 0.25) is 5.91 Å². The summed E-state index contributed by atoms with van der Waals surface area (Å²) in [5.74, 6) is -0.444. The molecule has 1 N–H and O–H groups in total. The predicted molar refractivity (Wildman–Crippen MR) is 137 cm³/mol. The number of halogens is 2. The third kappa shape index (κ3) is 5.24. The Morgan fingerprint density at radius 3 is 2.41 bits per heavy atom. The maximum absolute atomic E-state index is 13.5. The van der Waals surface area contributed by atoms with Crippen molar-refractivity contribution in [3.8, 4) is 0 Å². The molecule has 1 aliphatic rings. The van der Waals surface area contributed by atoms with Crippen molar-refractivity contribution in [1.82, 2.24) is 5.32 Å². The third-order valence-electron chi connectivity index (χ3n) is 6.07. The number of carbonyl (C=O) groups excluding carboxylic acids is 1. The minimum Gasteiger partial charge on any atom is -0.348 e. The van der Waals surface area contributed by atoms with Crippen molar-refractivity contribution >= 4 is 44.8 Å². The van der Waals surface area contributed by atoms with Crippen molar-refractivity contribution < 1.29 is 13.2 Å². The van der Waals surface area contributed by atoms with Crippen LogP contribution in [0.25, 0.3) is 0 Å². The first-order valence-electron chi connectivity index (χ1n) is 11.2. The Labute approximate surface area is 210 Å². The van der Waals surface area contributed by atoms with Gasteiger partial charge in [-0.3, -0.25) is 9.10 Å². The molecular weight excluding hydrogens is 491 g/mol. The van der Waals surface area contributed by atoms with Gasteiger partial charge in [0.05, 0.1) is 26.7 Å². The van der Waals surface area contributed by atoms with Gasteiger partial charge in [0.1, 0.15) is 6.54 Å². The molecule has 0 saturated heterocycles. The Morgan fingerprint density at radius 1 is 0.971 bits per heavy atom. The molecule has 1 aliphatic carbocycles. The lowest BCUT2D eigenvalue weighted by atomic mass is 9.89. The molecule has 0 saturated carbocycles. The van der Waals surface area contributed by atoms with E-state index in [-0.39, 0.29) is 26.7 Å². The second-order valence-corrected chi connectivity index (χ2v) is 11.1. The Balaban J connectivity index is 1.60. The lowest BCUT2D eigenvalue weighted by Gasteiger charge is -2.26. The fourth-order valence-electron chi connectivity index (χ4n) is 4.23. The Bertz CT molecular complexity index is 1300. The molecule has 4 rings (SSSR count). The van der Waals surface area contributed by atoms with Crippen LogP contribution in [0.4, 0.5) is 5.69 Å². The summed E-state index contributed by atoms with van der Waals surface area (Å²) in [5, 5.41) is 3.21. The van der Waals surface area contributed by atoms with Crippen LogP contribution in [0.1, 0.15) is 42.5 Å². The Hall–Kier alpha value is -2.54. The highest BCUT2D eigenvalue weighted by molar-refractivity contribution is 7.92. The van der Waals surface area contributed by atoms with Crippen molar-refractivity contribution in [3.63, 3.8) is 0 Å². The summed E-state index contributed by atoms with van der Waals surface area (Å²) in [4.78, 5) is 13.1. The fraction of sp³-hybridized carbons (Fsp3) is 0.269. The maximum Gasteiger partial charge on any atom is 0.264 e. The molecule has 5 nitrogen and oxygen atoms in total. The first-order chi connectivity index (χ1) is 16.3. The van der Waals surface area contributed by atoms with Crippen LogP contribution >= 0.6 is 23.2 Å². The van der Waals surface area contributed by atoms with E-state index in [0.717, 1.165) is 22.7 Å². The number of amides is 1. The molecule has 1 amide bonds. The number of hydrogen-bond acceptors (Lipinski definition) is 3. The van der Waals surface area contributed by atoms with Crippen molar-refractivity contribution in [1.29, 1.82) is 0 Å². The van der Waals surface area contributed by atoms with Crippen molar-refractivity contribution in [2.45, 2.75) is 43.5 Å². The minimum atomic E-state index is -4.07. The number of aryl methyl sites for hydroxylation is 2. The number of nitrogens with one attached hydrogen (secondary N) is 1. The summed E-state index contributed by atoms with van der Waals surface area (Å²) in [6.45, 7) is 1.46. The number of nitrogens with zero attached hydrogens (tertiary/aromatic N) is 1. The van der Waals surface area contributed by atoms with Crippen molar-refractivity contribution in [2.75, 3.05) is 10.8 Å². The Kier molecular flexibility index (Phi) is 7.51. The molecule has 0 spiro atoms. The standard InChI is InChI=1S/C26H26Cl2N2O3S/c1-18(20-15-14-19-8-5-6-9-21(19)16-20)29-25(31)17-30(24-13-7-12-23(27)26(24)28)34(32,33)22-10-3-2-4-11-22/h2-4,7,10-16,18H,5-6,8-9,17H2,1H3,(H,29,31). The highest BCUT2D eigenvalue weighted by atomic mass is 35.5. The molecule has 1 atom stereocenters. The molecule has 0 radical (unpaired) electrons. The number of fused-ring (bicyclic) bond motifs is 1. The number of rotatable bonds is 7. The third-order valence-corrected chi connectivity index (χ3v) is 8.65. The largest absolute Gasteiger partial charge is 0.348 e. The molecule has 34 heavy (non-hydrogen) atoms. The van der Waals surface area contributed by atoms with E-state index in [1.54, 1.807) is 30.3 Å².